The number of aliphatic carboxylic acids is 1. The summed E-state index contributed by atoms with van der Waals surface area (Å²) in [6.07, 6.45) is -0.176. The van der Waals surface area contributed by atoms with Crippen LogP contribution in [0, 0.1) is 17.8 Å². The molecule has 0 bridgehead atoms. The summed E-state index contributed by atoms with van der Waals surface area (Å²) in [6.45, 7) is 3.52. The van der Waals surface area contributed by atoms with Gasteiger partial charge in [0.1, 0.15) is 35.7 Å². The summed E-state index contributed by atoms with van der Waals surface area (Å²) in [5, 5.41) is 75.9. The molecule has 3 aliphatic heterocycles. The number of piperidine rings is 1. The first-order valence-electron chi connectivity index (χ1n) is 15.9. The number of hydrogen-bond acceptors (Lipinski definition) is 15. The Balaban J connectivity index is 1.67. The van der Waals surface area contributed by atoms with Crippen LogP contribution in [0.5, 0.6) is 0 Å². The van der Waals surface area contributed by atoms with E-state index >= 15 is 0 Å². The Bertz CT molecular complexity index is 1140. The van der Waals surface area contributed by atoms with E-state index in [-0.39, 0.29) is 44.5 Å². The average molecular weight is 673 g/mol. The second-order valence-electron chi connectivity index (χ2n) is 12.5. The molecule has 2 saturated heterocycles. The number of carboxylic acid groups (broad SMARTS) is 1. The van der Waals surface area contributed by atoms with Crippen LogP contribution in [0.1, 0.15) is 32.1 Å². The molecule has 16 nitrogen and oxygen atoms in total. The first-order chi connectivity index (χ1) is 22.4. The third kappa shape index (κ3) is 8.40. The maximum atomic E-state index is 13.5. The molecular weight excluding hydrogens is 624 g/mol. The number of nitrogens with one attached hydrogen (secondary N) is 1. The van der Waals surface area contributed by atoms with Crippen molar-refractivity contribution in [1.29, 1.82) is 0 Å². The van der Waals surface area contributed by atoms with Crippen molar-refractivity contribution >= 4 is 11.9 Å². The largest absolute Gasteiger partial charge is 0.481 e. The summed E-state index contributed by atoms with van der Waals surface area (Å²) in [6, 6.07) is 0. The number of ether oxygens (including phenoxy) is 5. The van der Waals surface area contributed by atoms with E-state index in [1.165, 1.54) is 19.2 Å². The van der Waals surface area contributed by atoms with Gasteiger partial charge in [-0.25, -0.2) is 4.79 Å². The zero-order valence-corrected chi connectivity index (χ0v) is 26.4. The minimum atomic E-state index is -2.95. The van der Waals surface area contributed by atoms with Gasteiger partial charge in [0, 0.05) is 19.6 Å². The first kappa shape index (κ1) is 37.3. The van der Waals surface area contributed by atoms with E-state index in [1.807, 2.05) is 0 Å². The highest BCUT2D eigenvalue weighted by Gasteiger charge is 2.58. The molecule has 4 rings (SSSR count). The van der Waals surface area contributed by atoms with Crippen LogP contribution in [0.25, 0.3) is 0 Å². The predicted molar refractivity (Wildman–Crippen MR) is 161 cm³/mol. The van der Waals surface area contributed by atoms with Crippen LogP contribution < -0.4 is 5.32 Å². The highest BCUT2D eigenvalue weighted by atomic mass is 16.8. The quantitative estimate of drug-likeness (QED) is 0.0575. The normalized spacial score (nSPS) is 36.5. The molecule has 1 aliphatic carbocycles. The van der Waals surface area contributed by atoms with Gasteiger partial charge in [-0.2, -0.15) is 0 Å². The number of carbonyl (C=O) groups excluding carboxylic acids is 1. The second kappa shape index (κ2) is 16.3. The van der Waals surface area contributed by atoms with Crippen molar-refractivity contribution in [1.82, 2.24) is 10.2 Å². The van der Waals surface area contributed by atoms with Gasteiger partial charge >= 0.3 is 11.9 Å². The number of likely N-dealkylation sites (tertiary alicyclic amines) is 1. The summed E-state index contributed by atoms with van der Waals surface area (Å²) >= 11 is 0. The van der Waals surface area contributed by atoms with E-state index in [1.54, 1.807) is 11.0 Å². The summed E-state index contributed by atoms with van der Waals surface area (Å²) in [5.74, 6) is -7.16. The average Bonchev–Trinajstić information content (AvgIpc) is 3.54. The smallest absolute Gasteiger partial charge is 0.340 e. The molecule has 16 heteroatoms. The number of β-amino-alcohol motifs (C(OH)–C–C–N with tert-alkyl or cyclic N) is 1. The highest BCUT2D eigenvalue weighted by molar-refractivity contribution is 5.91. The third-order valence-corrected chi connectivity index (χ3v) is 9.17. The fourth-order valence-electron chi connectivity index (χ4n) is 6.61. The van der Waals surface area contributed by atoms with Gasteiger partial charge in [-0.1, -0.05) is 18.2 Å². The van der Waals surface area contributed by atoms with E-state index < -0.39 is 78.6 Å². The number of nitrogens with zero attached hydrogens (tertiary/aromatic N) is 1. The Morgan fingerprint density at radius 3 is 2.51 bits per heavy atom. The van der Waals surface area contributed by atoms with Crippen LogP contribution in [0.4, 0.5) is 0 Å². The van der Waals surface area contributed by atoms with Gasteiger partial charge in [0.25, 0.3) is 0 Å². The Morgan fingerprint density at radius 1 is 1.17 bits per heavy atom. The van der Waals surface area contributed by atoms with E-state index in [9.17, 15) is 45.3 Å². The van der Waals surface area contributed by atoms with Crippen molar-refractivity contribution < 1.29 is 69.0 Å². The molecule has 9 atom stereocenters. The van der Waals surface area contributed by atoms with E-state index in [4.69, 9.17) is 23.7 Å². The maximum absolute atomic E-state index is 13.5. The fourth-order valence-corrected chi connectivity index (χ4v) is 6.61. The standard InChI is InChI=1S/C31H48N2O14/c1-3-21-28(47-29-25(44-17-32-2)31(41,42)24(36)23(15-35)46-29)43-16-22(27(39)45-20-6-4-5-7-20)30(21,40)9-8-18-12-19(26(37)38)14-33(13-18)10-11-34/h3,8-9,16,18-21,23-25,28-29,32,34-36,40-42H,1,4-7,10-15,17H2,2H3,(H,37,38)/t18?,19?,21-,23+,24+,25+,28+,29-,30+/m0/s1. The van der Waals surface area contributed by atoms with E-state index in [2.05, 4.69) is 11.9 Å². The Labute approximate surface area is 272 Å². The van der Waals surface area contributed by atoms with Gasteiger partial charge < -0.3 is 59.4 Å². The summed E-state index contributed by atoms with van der Waals surface area (Å²) in [5.41, 5.74) is -2.45. The number of hydrogen-bond donors (Lipinski definition) is 8. The molecule has 2 unspecified atom stereocenters. The lowest BCUT2D eigenvalue weighted by Crippen LogP contribution is -2.69. The SMILES string of the molecule is C=C[C@H]1[C@@H](O[C@@H]2O[C@H](CO)[C@@H](O)C(O)(O)[C@@H]2OCNC)OC=C(C(=O)OC2CCCC2)[C@@]1(O)C=CC1CC(C(=O)O)CN(CCO)C1. The number of esters is 1. The van der Waals surface area contributed by atoms with Crippen molar-refractivity contribution in [3.63, 3.8) is 0 Å². The van der Waals surface area contributed by atoms with Gasteiger partial charge in [0.15, 0.2) is 12.4 Å². The molecule has 0 spiro atoms. The monoisotopic (exact) mass is 672 g/mol. The zero-order chi connectivity index (χ0) is 34.4. The molecule has 47 heavy (non-hydrogen) atoms. The van der Waals surface area contributed by atoms with Crippen LogP contribution in [-0.4, -0.2) is 148 Å². The zero-order valence-electron chi connectivity index (χ0n) is 26.4. The summed E-state index contributed by atoms with van der Waals surface area (Å²) < 4.78 is 28.6. The molecule has 0 aromatic carbocycles. The van der Waals surface area contributed by atoms with Crippen molar-refractivity contribution in [2.45, 2.75) is 80.5 Å². The Hall–Kier alpha value is -2.48. The number of rotatable bonds is 14. The van der Waals surface area contributed by atoms with Crippen LogP contribution in [-0.2, 0) is 33.3 Å². The number of carboxylic acids is 1. The Morgan fingerprint density at radius 2 is 1.89 bits per heavy atom. The number of carbonyl (C=O) groups is 2. The molecular formula is C31H48N2O14. The van der Waals surface area contributed by atoms with Crippen molar-refractivity contribution in [3.05, 3.63) is 36.6 Å². The van der Waals surface area contributed by atoms with Crippen LogP contribution >= 0.6 is 0 Å². The molecule has 8 N–H and O–H groups in total. The first-order valence-corrected chi connectivity index (χ1v) is 15.9. The molecule has 266 valence electrons. The molecule has 0 amide bonds. The molecule has 3 heterocycles. The molecule has 1 saturated carbocycles. The number of aliphatic hydroxyl groups is 6. The van der Waals surface area contributed by atoms with Gasteiger partial charge in [-0.05, 0) is 45.1 Å². The van der Waals surface area contributed by atoms with Crippen LogP contribution in [0.15, 0.2) is 36.6 Å². The predicted octanol–water partition coefficient (Wildman–Crippen LogP) is -1.85. The molecule has 3 fully saturated rings. The number of aliphatic hydroxyl groups excluding tert-OH is 3. The highest BCUT2D eigenvalue weighted by Crippen LogP contribution is 2.41. The minimum absolute atomic E-state index is 0.166. The van der Waals surface area contributed by atoms with Gasteiger partial charge in [0.2, 0.25) is 12.1 Å². The van der Waals surface area contributed by atoms with Gasteiger partial charge in [-0.15, -0.1) is 6.58 Å². The lowest BCUT2D eigenvalue weighted by Gasteiger charge is -2.48. The molecule has 4 aliphatic rings. The van der Waals surface area contributed by atoms with Crippen molar-refractivity contribution in [2.24, 2.45) is 17.8 Å². The molecule has 0 aromatic rings. The van der Waals surface area contributed by atoms with E-state index in [0.29, 0.717) is 19.4 Å². The Kier molecular flexibility index (Phi) is 12.9. The summed E-state index contributed by atoms with van der Waals surface area (Å²) in [4.78, 5) is 27.2. The topological polar surface area (TPSA) is 237 Å². The molecule has 0 radical (unpaired) electrons. The second-order valence-corrected chi connectivity index (χ2v) is 12.5. The van der Waals surface area contributed by atoms with Gasteiger partial charge in [-0.3, -0.25) is 15.0 Å². The van der Waals surface area contributed by atoms with Gasteiger partial charge in [0.05, 0.1) is 31.8 Å². The van der Waals surface area contributed by atoms with E-state index in [0.717, 1.165) is 19.1 Å². The van der Waals surface area contributed by atoms with Crippen LogP contribution in [0.2, 0.25) is 0 Å². The summed E-state index contributed by atoms with van der Waals surface area (Å²) in [7, 11) is 1.53. The van der Waals surface area contributed by atoms with Crippen molar-refractivity contribution in [2.75, 3.05) is 46.6 Å². The molecule has 0 aromatic heterocycles. The lowest BCUT2D eigenvalue weighted by atomic mass is 9.77. The maximum Gasteiger partial charge on any atom is 0.340 e. The minimum Gasteiger partial charge on any atom is -0.481 e. The fraction of sp³-hybridized carbons (Fsp3) is 0.742. The third-order valence-electron chi connectivity index (χ3n) is 9.17. The van der Waals surface area contributed by atoms with Crippen molar-refractivity contribution in [3.8, 4) is 0 Å². The lowest BCUT2D eigenvalue weighted by molar-refractivity contribution is -0.412. The van der Waals surface area contributed by atoms with Crippen LogP contribution in [0.3, 0.4) is 0 Å².